The number of aromatic nitrogens is 6. The molecule has 7 heteroatoms. The van der Waals surface area contributed by atoms with Crippen LogP contribution in [-0.4, -0.2) is 28.7 Å². The Morgan fingerprint density at radius 3 is 1.94 bits per heavy atom. The smallest absolute Gasteiger partial charge is 0.183 e. The molecule has 0 amide bonds. The van der Waals surface area contributed by atoms with Crippen molar-refractivity contribution in [3.05, 3.63) is 156 Å². The minimum absolute atomic E-state index is 0.463. The number of rotatable bonds is 1. The second-order valence-electron chi connectivity index (χ2n) is 12.7. The summed E-state index contributed by atoms with van der Waals surface area (Å²) in [5.74, 6) is 0. The zero-order valence-corrected chi connectivity index (χ0v) is 26.1. The topological polar surface area (TPSA) is 60.4 Å². The number of hydrogen-bond donors (Lipinski definition) is 0. The van der Waals surface area contributed by atoms with Crippen molar-refractivity contribution in [3.8, 4) is 33.8 Å². The maximum Gasteiger partial charge on any atom is 0.183 e. The monoisotopic (exact) mass is 630 g/mol. The fraction of sp³-hybridized carbons (Fsp3) is 0.0244. The van der Waals surface area contributed by atoms with E-state index in [9.17, 15) is 0 Å². The van der Waals surface area contributed by atoms with Crippen molar-refractivity contribution in [3.63, 3.8) is 0 Å². The lowest BCUT2D eigenvalue weighted by Gasteiger charge is -2.29. The first-order valence-corrected chi connectivity index (χ1v) is 16.9. The first-order valence-electron chi connectivity index (χ1n) is 16.1. The van der Waals surface area contributed by atoms with Crippen LogP contribution in [0.15, 0.2) is 134 Å². The van der Waals surface area contributed by atoms with Gasteiger partial charge in [0, 0.05) is 44.3 Å². The van der Waals surface area contributed by atoms with Crippen LogP contribution in [0.4, 0.5) is 0 Å². The molecule has 2 aliphatic carbocycles. The van der Waals surface area contributed by atoms with Crippen molar-refractivity contribution >= 4 is 54.0 Å². The molecule has 0 N–H and O–H groups in total. The van der Waals surface area contributed by atoms with Gasteiger partial charge >= 0.3 is 0 Å². The third kappa shape index (κ3) is 2.75. The average molecular weight is 631 g/mol. The van der Waals surface area contributed by atoms with E-state index in [0.29, 0.717) is 0 Å². The van der Waals surface area contributed by atoms with Crippen LogP contribution in [0, 0.1) is 0 Å². The Kier molecular flexibility index (Phi) is 4.47. The molecule has 6 nitrogen and oxygen atoms in total. The van der Waals surface area contributed by atoms with E-state index in [0.717, 1.165) is 44.9 Å². The van der Waals surface area contributed by atoms with Gasteiger partial charge < -0.3 is 0 Å². The maximum atomic E-state index is 5.15. The normalized spacial score (nSPS) is 14.0. The Balaban J connectivity index is 1.26. The van der Waals surface area contributed by atoms with E-state index in [1.54, 1.807) is 23.7 Å². The van der Waals surface area contributed by atoms with E-state index in [2.05, 4.69) is 118 Å². The van der Waals surface area contributed by atoms with E-state index >= 15 is 0 Å². The second kappa shape index (κ2) is 8.59. The number of benzene rings is 4. The predicted molar refractivity (Wildman–Crippen MR) is 192 cm³/mol. The summed E-state index contributed by atoms with van der Waals surface area (Å²) >= 11 is 1.79. The molecule has 4 aromatic carbocycles. The summed E-state index contributed by atoms with van der Waals surface area (Å²) in [6.45, 7) is 0. The zero-order valence-electron chi connectivity index (χ0n) is 25.3. The summed E-state index contributed by atoms with van der Waals surface area (Å²) in [5, 5.41) is 2.34. The number of hydrogen-bond acceptors (Lipinski definition) is 5. The van der Waals surface area contributed by atoms with Crippen molar-refractivity contribution in [2.75, 3.05) is 0 Å². The highest BCUT2D eigenvalue weighted by atomic mass is 32.1. The SMILES string of the molecule is c1ccc2c(c1)-c1ccccc1C21c2ccccc2-c2c1cc1c3ncc(-c4nccc5sc6ccccc6c45)n3c3nccnc3n21. The lowest BCUT2D eigenvalue weighted by atomic mass is 9.71. The van der Waals surface area contributed by atoms with E-state index < -0.39 is 5.41 Å². The molecule has 6 heterocycles. The summed E-state index contributed by atoms with van der Waals surface area (Å²) in [7, 11) is 0. The summed E-state index contributed by atoms with van der Waals surface area (Å²) < 4.78 is 6.91. The highest BCUT2D eigenvalue weighted by Gasteiger charge is 2.53. The number of pyridine rings is 1. The molecule has 0 unspecified atom stereocenters. The van der Waals surface area contributed by atoms with Gasteiger partial charge in [-0.05, 0) is 51.6 Å². The highest BCUT2D eigenvalue weighted by molar-refractivity contribution is 7.25. The summed E-state index contributed by atoms with van der Waals surface area (Å²) in [6, 6.07) is 39.7. The summed E-state index contributed by atoms with van der Waals surface area (Å²) in [5.41, 5.74) is 14.8. The zero-order chi connectivity index (χ0) is 31.1. The molecule has 222 valence electrons. The molecular formula is C41H22N6S. The molecule has 12 rings (SSSR count). The Labute approximate surface area is 277 Å². The van der Waals surface area contributed by atoms with E-state index in [-0.39, 0.29) is 0 Å². The van der Waals surface area contributed by atoms with Gasteiger partial charge in [-0.2, -0.15) is 0 Å². The Morgan fingerprint density at radius 2 is 1.17 bits per heavy atom. The molecule has 10 aromatic rings. The summed E-state index contributed by atoms with van der Waals surface area (Å²) in [4.78, 5) is 20.2. The van der Waals surface area contributed by atoms with Crippen LogP contribution in [0.2, 0.25) is 0 Å². The lowest BCUT2D eigenvalue weighted by molar-refractivity contribution is 0.795. The fourth-order valence-electron chi connectivity index (χ4n) is 8.84. The molecule has 0 saturated heterocycles. The molecule has 0 saturated carbocycles. The number of nitrogens with zero attached hydrogens (tertiary/aromatic N) is 6. The molecule has 6 aromatic heterocycles. The van der Waals surface area contributed by atoms with Gasteiger partial charge in [0.15, 0.2) is 16.9 Å². The number of fused-ring (bicyclic) bond motifs is 20. The van der Waals surface area contributed by atoms with Crippen LogP contribution in [0.1, 0.15) is 22.3 Å². The van der Waals surface area contributed by atoms with Crippen LogP contribution >= 0.6 is 11.3 Å². The first kappa shape index (κ1) is 25.0. The molecule has 0 aliphatic heterocycles. The van der Waals surface area contributed by atoms with E-state index in [1.165, 1.54) is 53.7 Å². The highest BCUT2D eigenvalue weighted by Crippen LogP contribution is 2.63. The molecule has 1 spiro atoms. The molecule has 48 heavy (non-hydrogen) atoms. The first-order chi connectivity index (χ1) is 23.8. The number of thiophene rings is 1. The van der Waals surface area contributed by atoms with Gasteiger partial charge in [0.25, 0.3) is 0 Å². The largest absolute Gasteiger partial charge is 0.287 e. The lowest BCUT2D eigenvalue weighted by Crippen LogP contribution is -2.25. The van der Waals surface area contributed by atoms with Crippen LogP contribution in [0.25, 0.3) is 76.4 Å². The third-order valence-corrected chi connectivity index (χ3v) is 11.7. The van der Waals surface area contributed by atoms with Crippen molar-refractivity contribution in [2.45, 2.75) is 5.41 Å². The predicted octanol–water partition coefficient (Wildman–Crippen LogP) is 9.30. The van der Waals surface area contributed by atoms with Crippen LogP contribution in [0.3, 0.4) is 0 Å². The molecule has 0 fully saturated rings. The molecule has 0 bridgehead atoms. The van der Waals surface area contributed by atoms with Gasteiger partial charge in [0.2, 0.25) is 0 Å². The minimum atomic E-state index is -0.463. The standard InChI is InChI=1S/C41H22N6S/c1-5-13-27-23(9-1)24-10-2-6-14-28(24)41(27)29-15-7-3-11-25(29)37-30(41)21-31-38-45-22-32(47(38)40-39(46(31)37)43-19-20-44-40)36-35-26-12-4-8-16-33(26)48-34(35)17-18-42-36/h1-22H. The van der Waals surface area contributed by atoms with E-state index in [1.807, 2.05) is 12.4 Å². The van der Waals surface area contributed by atoms with Gasteiger partial charge in [0.05, 0.1) is 34.2 Å². The third-order valence-electron chi connectivity index (χ3n) is 10.5. The van der Waals surface area contributed by atoms with E-state index in [4.69, 9.17) is 19.9 Å². The van der Waals surface area contributed by atoms with Crippen molar-refractivity contribution in [1.82, 2.24) is 28.7 Å². The summed E-state index contributed by atoms with van der Waals surface area (Å²) in [6.07, 6.45) is 7.42. The van der Waals surface area contributed by atoms with Gasteiger partial charge in [-0.1, -0.05) is 91.0 Å². The minimum Gasteiger partial charge on any atom is -0.287 e. The fourth-order valence-corrected chi connectivity index (χ4v) is 9.94. The van der Waals surface area contributed by atoms with Crippen LogP contribution in [-0.2, 0) is 5.41 Å². The van der Waals surface area contributed by atoms with Gasteiger partial charge in [-0.25, -0.2) is 15.0 Å². The molecular weight excluding hydrogens is 609 g/mol. The second-order valence-corrected chi connectivity index (χ2v) is 13.7. The van der Waals surface area contributed by atoms with Crippen molar-refractivity contribution in [1.29, 1.82) is 0 Å². The Morgan fingerprint density at radius 1 is 0.521 bits per heavy atom. The maximum absolute atomic E-state index is 5.15. The molecule has 2 aliphatic rings. The quantitative estimate of drug-likeness (QED) is 0.181. The van der Waals surface area contributed by atoms with Crippen molar-refractivity contribution in [2.24, 2.45) is 0 Å². The van der Waals surface area contributed by atoms with Crippen LogP contribution < -0.4 is 0 Å². The van der Waals surface area contributed by atoms with Crippen LogP contribution in [0.5, 0.6) is 0 Å². The Bertz CT molecular complexity index is 2990. The number of imidazole rings is 1. The molecule has 0 radical (unpaired) electrons. The van der Waals surface area contributed by atoms with Gasteiger partial charge in [-0.15, -0.1) is 11.3 Å². The average Bonchev–Trinajstić information content (AvgIpc) is 3.95. The van der Waals surface area contributed by atoms with Gasteiger partial charge in [0.1, 0.15) is 0 Å². The van der Waals surface area contributed by atoms with Gasteiger partial charge in [-0.3, -0.25) is 13.8 Å². The Hall–Kier alpha value is -6.18. The van der Waals surface area contributed by atoms with Crippen molar-refractivity contribution < 1.29 is 0 Å². The molecule has 0 atom stereocenters.